The van der Waals surface area contributed by atoms with Gasteiger partial charge in [-0.25, -0.2) is 0 Å². The normalized spacial score (nSPS) is 34.1. The Balaban J connectivity index is 2.31. The van der Waals surface area contributed by atoms with E-state index in [-0.39, 0.29) is 11.3 Å². The first-order valence-electron chi connectivity index (χ1n) is 7.25. The summed E-state index contributed by atoms with van der Waals surface area (Å²) in [5.74, 6) is -3.81. The second-order valence-corrected chi connectivity index (χ2v) is 6.51. The standard InChI is InChI=1S/C15H22F2N2O2/c1-10(9-18)11(13(2,16)17)19-15-6-3-14(4-7-15,5-8-15)12(20)21/h9H,3-8,18H2,1-2H3,(H,20,21). The van der Waals surface area contributed by atoms with E-state index in [1.54, 1.807) is 0 Å². The lowest BCUT2D eigenvalue weighted by Crippen LogP contribution is -2.49. The third-order valence-corrected chi connectivity index (χ3v) is 5.05. The van der Waals surface area contributed by atoms with Gasteiger partial charge in [-0.15, -0.1) is 0 Å². The van der Waals surface area contributed by atoms with Gasteiger partial charge in [0.1, 0.15) is 5.71 Å². The van der Waals surface area contributed by atoms with Crippen LogP contribution in [0.3, 0.4) is 0 Å². The Bertz CT molecular complexity index is 482. The number of nitrogens with zero attached hydrogens (tertiary/aromatic N) is 1. The first kappa shape index (κ1) is 15.9. The van der Waals surface area contributed by atoms with Crippen molar-refractivity contribution in [3.8, 4) is 0 Å². The third-order valence-electron chi connectivity index (χ3n) is 5.05. The first-order chi connectivity index (χ1) is 9.64. The van der Waals surface area contributed by atoms with Crippen molar-refractivity contribution in [3.05, 3.63) is 11.8 Å². The smallest absolute Gasteiger partial charge is 0.309 e. The summed E-state index contributed by atoms with van der Waals surface area (Å²) in [7, 11) is 0. The zero-order chi connectivity index (χ0) is 15.9. The van der Waals surface area contributed by atoms with Crippen LogP contribution in [0.5, 0.6) is 0 Å². The molecule has 0 unspecified atom stereocenters. The molecule has 2 bridgehead atoms. The monoisotopic (exact) mass is 300 g/mol. The molecular formula is C15H22F2N2O2. The Morgan fingerprint density at radius 2 is 1.71 bits per heavy atom. The van der Waals surface area contributed by atoms with Crippen LogP contribution in [0.4, 0.5) is 8.78 Å². The molecule has 3 aliphatic rings. The Hall–Kier alpha value is -1.46. The van der Waals surface area contributed by atoms with Crippen LogP contribution in [0.1, 0.15) is 52.4 Å². The van der Waals surface area contributed by atoms with Crippen molar-refractivity contribution in [2.45, 2.75) is 63.8 Å². The van der Waals surface area contributed by atoms with Gasteiger partial charge >= 0.3 is 5.97 Å². The fraction of sp³-hybridized carbons (Fsp3) is 0.733. The average Bonchev–Trinajstić information content (AvgIpc) is 2.45. The van der Waals surface area contributed by atoms with E-state index in [0.29, 0.717) is 38.5 Å². The predicted octanol–water partition coefficient (Wildman–Crippen LogP) is 3.12. The molecule has 118 valence electrons. The van der Waals surface area contributed by atoms with E-state index in [1.165, 1.54) is 6.92 Å². The average molecular weight is 300 g/mol. The van der Waals surface area contributed by atoms with Gasteiger partial charge in [0.15, 0.2) is 0 Å². The maximum absolute atomic E-state index is 13.8. The largest absolute Gasteiger partial charge is 0.481 e. The van der Waals surface area contributed by atoms with Gasteiger partial charge in [-0.3, -0.25) is 9.79 Å². The molecule has 3 aliphatic carbocycles. The number of carboxylic acids is 1. The van der Waals surface area contributed by atoms with Gasteiger partial charge in [-0.05, 0) is 57.2 Å². The number of rotatable bonds is 4. The van der Waals surface area contributed by atoms with E-state index in [1.807, 2.05) is 0 Å². The molecule has 0 spiro atoms. The number of nitrogens with two attached hydrogens (primary N) is 1. The second-order valence-electron chi connectivity index (χ2n) is 6.51. The number of halogens is 2. The van der Waals surface area contributed by atoms with E-state index in [4.69, 9.17) is 5.73 Å². The van der Waals surface area contributed by atoms with E-state index in [2.05, 4.69) is 4.99 Å². The van der Waals surface area contributed by atoms with Gasteiger partial charge in [-0.1, -0.05) is 0 Å². The lowest BCUT2D eigenvalue weighted by atomic mass is 9.57. The lowest BCUT2D eigenvalue weighted by molar-refractivity contribution is -0.155. The zero-order valence-electron chi connectivity index (χ0n) is 12.5. The molecule has 0 aromatic heterocycles. The maximum atomic E-state index is 13.8. The van der Waals surface area contributed by atoms with Crippen molar-refractivity contribution in [1.29, 1.82) is 0 Å². The number of hydrogen-bond donors (Lipinski definition) is 2. The van der Waals surface area contributed by atoms with E-state index < -0.39 is 22.8 Å². The molecule has 0 aromatic carbocycles. The summed E-state index contributed by atoms with van der Waals surface area (Å²) in [6.07, 6.45) is 4.35. The minimum Gasteiger partial charge on any atom is -0.481 e. The molecule has 0 atom stereocenters. The fourth-order valence-corrected chi connectivity index (χ4v) is 3.50. The van der Waals surface area contributed by atoms with Gasteiger partial charge in [0.05, 0.1) is 11.0 Å². The maximum Gasteiger partial charge on any atom is 0.309 e. The molecule has 3 N–H and O–H groups in total. The number of carboxylic acid groups (broad SMARTS) is 1. The molecule has 0 amide bonds. The van der Waals surface area contributed by atoms with Crippen LogP contribution in [0.25, 0.3) is 0 Å². The molecule has 0 aliphatic heterocycles. The minimum atomic E-state index is -3.05. The number of allylic oxidation sites excluding steroid dienone is 1. The van der Waals surface area contributed by atoms with Crippen LogP contribution in [-0.2, 0) is 4.79 Å². The van der Waals surface area contributed by atoms with Gasteiger partial charge < -0.3 is 10.8 Å². The number of hydrogen-bond acceptors (Lipinski definition) is 3. The highest BCUT2D eigenvalue weighted by molar-refractivity contribution is 6.04. The number of alkyl halides is 2. The molecule has 6 heteroatoms. The summed E-state index contributed by atoms with van der Waals surface area (Å²) in [4.78, 5) is 15.8. The number of fused-ring (bicyclic) bond motifs is 3. The first-order valence-corrected chi connectivity index (χ1v) is 7.25. The minimum absolute atomic E-state index is 0.269. The summed E-state index contributed by atoms with van der Waals surface area (Å²) in [5, 5.41) is 9.35. The van der Waals surface area contributed by atoms with Crippen molar-refractivity contribution < 1.29 is 18.7 Å². The Labute approximate surface area is 123 Å². The third kappa shape index (κ3) is 2.80. The van der Waals surface area contributed by atoms with Gasteiger partial charge in [0.25, 0.3) is 5.92 Å². The molecule has 3 rings (SSSR count). The zero-order valence-corrected chi connectivity index (χ0v) is 12.5. The molecule has 0 radical (unpaired) electrons. The molecule has 21 heavy (non-hydrogen) atoms. The fourth-order valence-electron chi connectivity index (χ4n) is 3.50. The Morgan fingerprint density at radius 3 is 2.05 bits per heavy atom. The molecule has 0 saturated heterocycles. The lowest BCUT2D eigenvalue weighted by Gasteiger charge is -2.49. The summed E-state index contributed by atoms with van der Waals surface area (Å²) >= 11 is 0. The molecule has 0 aromatic rings. The highest BCUT2D eigenvalue weighted by atomic mass is 19.3. The number of aliphatic carboxylic acids is 1. The topological polar surface area (TPSA) is 75.7 Å². The van der Waals surface area contributed by atoms with Crippen LogP contribution in [-0.4, -0.2) is 28.2 Å². The van der Waals surface area contributed by atoms with Crippen molar-refractivity contribution in [3.63, 3.8) is 0 Å². The van der Waals surface area contributed by atoms with Crippen molar-refractivity contribution in [2.24, 2.45) is 16.1 Å². The Kier molecular flexibility index (Phi) is 3.84. The predicted molar refractivity (Wildman–Crippen MR) is 76.5 cm³/mol. The van der Waals surface area contributed by atoms with Gasteiger partial charge in [0, 0.05) is 6.92 Å². The number of aliphatic imine (C=N–C) groups is 1. The van der Waals surface area contributed by atoms with Crippen molar-refractivity contribution >= 4 is 11.7 Å². The van der Waals surface area contributed by atoms with Crippen molar-refractivity contribution in [1.82, 2.24) is 0 Å². The highest BCUT2D eigenvalue weighted by Gasteiger charge is 2.53. The van der Waals surface area contributed by atoms with Gasteiger partial charge in [-0.2, -0.15) is 8.78 Å². The summed E-state index contributed by atoms with van der Waals surface area (Å²) in [5.41, 5.74) is 4.18. The number of carbonyl (C=O) groups is 1. The van der Waals surface area contributed by atoms with Crippen LogP contribution >= 0.6 is 0 Å². The van der Waals surface area contributed by atoms with E-state index in [9.17, 15) is 18.7 Å². The molecular weight excluding hydrogens is 278 g/mol. The summed E-state index contributed by atoms with van der Waals surface area (Å²) in [6.45, 7) is 2.35. The SMILES string of the molecule is CC(=CN)C(=NC12CCC(C(=O)O)(CC1)CC2)C(C)(F)F. The molecule has 3 fully saturated rings. The highest BCUT2D eigenvalue weighted by Crippen LogP contribution is 2.54. The van der Waals surface area contributed by atoms with Crippen molar-refractivity contribution in [2.75, 3.05) is 0 Å². The van der Waals surface area contributed by atoms with Crippen LogP contribution in [0.15, 0.2) is 16.8 Å². The van der Waals surface area contributed by atoms with E-state index >= 15 is 0 Å². The van der Waals surface area contributed by atoms with Crippen LogP contribution in [0, 0.1) is 5.41 Å². The van der Waals surface area contributed by atoms with Crippen LogP contribution < -0.4 is 5.73 Å². The second kappa shape index (κ2) is 5.07. The Morgan fingerprint density at radius 1 is 1.24 bits per heavy atom. The molecule has 3 saturated carbocycles. The van der Waals surface area contributed by atoms with Gasteiger partial charge in [0.2, 0.25) is 0 Å². The van der Waals surface area contributed by atoms with E-state index in [0.717, 1.165) is 13.1 Å². The molecule has 4 nitrogen and oxygen atoms in total. The molecule has 0 heterocycles. The summed E-state index contributed by atoms with van der Waals surface area (Å²) < 4.78 is 27.6. The van der Waals surface area contributed by atoms with Crippen LogP contribution in [0.2, 0.25) is 0 Å². The summed E-state index contributed by atoms with van der Waals surface area (Å²) in [6, 6.07) is 0. The quantitative estimate of drug-likeness (QED) is 0.783.